The molecule has 3 rings (SSSR count). The van der Waals surface area contributed by atoms with Gasteiger partial charge in [-0.15, -0.1) is 0 Å². The first-order valence-electron chi connectivity index (χ1n) is 10.9. The van der Waals surface area contributed by atoms with Gasteiger partial charge < -0.3 is 15.1 Å². The number of rotatable bonds is 8. The summed E-state index contributed by atoms with van der Waals surface area (Å²) < 4.78 is 0. The zero-order valence-corrected chi connectivity index (χ0v) is 19.6. The van der Waals surface area contributed by atoms with Crippen LogP contribution >= 0.6 is 0 Å². The van der Waals surface area contributed by atoms with Crippen molar-refractivity contribution in [2.45, 2.75) is 51.1 Å². The van der Waals surface area contributed by atoms with Crippen molar-refractivity contribution in [1.82, 2.24) is 20.0 Å². The first kappa shape index (κ1) is 24.0. The number of nitrogens with zero attached hydrogens (tertiary/aromatic N) is 4. The van der Waals surface area contributed by atoms with Crippen LogP contribution in [0.2, 0.25) is 0 Å². The highest BCUT2D eigenvalue weighted by Crippen LogP contribution is 2.41. The van der Waals surface area contributed by atoms with E-state index in [1.54, 1.807) is 27.1 Å². The van der Waals surface area contributed by atoms with Crippen LogP contribution in [-0.2, 0) is 15.0 Å². The first-order chi connectivity index (χ1) is 15.6. The maximum Gasteiger partial charge on any atom is 0.272 e. The molecule has 0 radical (unpaired) electrons. The van der Waals surface area contributed by atoms with Crippen LogP contribution < -0.4 is 5.32 Å². The number of fused-ring (bicyclic) bond motifs is 1. The number of anilines is 1. The lowest BCUT2D eigenvalue weighted by atomic mass is 9.78. The summed E-state index contributed by atoms with van der Waals surface area (Å²) >= 11 is 0. The monoisotopic (exact) mass is 450 g/mol. The second kappa shape index (κ2) is 9.45. The number of hydrogen-bond acceptors (Lipinski definition) is 5. The van der Waals surface area contributed by atoms with Crippen molar-refractivity contribution in [1.29, 1.82) is 5.26 Å². The third kappa shape index (κ3) is 4.60. The number of H-pyrrole nitrogens is 1. The number of nitriles is 1. The smallest absolute Gasteiger partial charge is 0.272 e. The summed E-state index contributed by atoms with van der Waals surface area (Å²) in [5, 5.41) is 19.3. The quantitative estimate of drug-likeness (QED) is 0.640. The molecule has 9 heteroatoms. The maximum atomic E-state index is 13.6. The fraction of sp³-hybridized carbons (Fsp3) is 0.458. The van der Waals surface area contributed by atoms with Crippen LogP contribution in [0.5, 0.6) is 0 Å². The molecule has 33 heavy (non-hydrogen) atoms. The molecule has 1 aromatic carbocycles. The van der Waals surface area contributed by atoms with Gasteiger partial charge in [0, 0.05) is 26.0 Å². The Morgan fingerprint density at radius 3 is 2.48 bits per heavy atom. The van der Waals surface area contributed by atoms with E-state index in [1.807, 2.05) is 38.1 Å². The van der Waals surface area contributed by atoms with Crippen LogP contribution in [0.4, 0.5) is 5.69 Å². The van der Waals surface area contributed by atoms with Crippen molar-refractivity contribution in [3.05, 3.63) is 47.8 Å². The van der Waals surface area contributed by atoms with Crippen LogP contribution in [0.3, 0.4) is 0 Å². The summed E-state index contributed by atoms with van der Waals surface area (Å²) in [6, 6.07) is 9.50. The molecule has 2 N–H and O–H groups in total. The Morgan fingerprint density at radius 1 is 1.18 bits per heavy atom. The zero-order valence-electron chi connectivity index (χ0n) is 19.6. The number of amides is 3. The molecule has 0 unspecified atom stereocenters. The molecule has 3 atom stereocenters. The Kier molecular flexibility index (Phi) is 6.86. The van der Waals surface area contributed by atoms with Gasteiger partial charge in [0.25, 0.3) is 5.91 Å². The number of hydrogen-bond donors (Lipinski definition) is 2. The van der Waals surface area contributed by atoms with Gasteiger partial charge in [0.05, 0.1) is 11.5 Å². The molecule has 0 bridgehead atoms. The lowest BCUT2D eigenvalue weighted by Crippen LogP contribution is -2.52. The molecule has 0 aliphatic carbocycles. The Hall–Kier alpha value is -3.67. The Labute approximate surface area is 193 Å². The average Bonchev–Trinajstić information content (AvgIpc) is 3.41. The molecule has 0 spiro atoms. The molecule has 1 aromatic heterocycles. The van der Waals surface area contributed by atoms with E-state index in [9.17, 15) is 19.6 Å². The summed E-state index contributed by atoms with van der Waals surface area (Å²) in [6.45, 7) is 5.73. The second-order valence-electron chi connectivity index (χ2n) is 9.16. The summed E-state index contributed by atoms with van der Waals surface area (Å²) in [5.74, 6) is -0.768. The van der Waals surface area contributed by atoms with Gasteiger partial charge in [0.2, 0.25) is 11.8 Å². The standard InChI is InChI=1S/C24H30N6O3/c1-15(2)12-20(30(5)21(31)19-10-11-26-28-19)22(32)29(4)16(14-25)13-24(3)17-8-6-7-9-18(17)27-23(24)33/h6-11,15-16,20H,12-13H2,1-5H3,(H,26,28)(H,27,33)/t16-,20-,24+/m0/s1. The Bertz CT molecular complexity index is 1070. The van der Waals surface area contributed by atoms with Gasteiger partial charge in [-0.1, -0.05) is 32.0 Å². The molecular weight excluding hydrogens is 420 g/mol. The highest BCUT2D eigenvalue weighted by Gasteiger charge is 2.45. The Morgan fingerprint density at radius 2 is 1.88 bits per heavy atom. The third-order valence-electron chi connectivity index (χ3n) is 6.34. The van der Waals surface area contributed by atoms with E-state index in [-0.39, 0.29) is 35.8 Å². The minimum atomic E-state index is -0.948. The molecule has 1 aliphatic rings. The summed E-state index contributed by atoms with van der Waals surface area (Å²) in [6.07, 6.45) is 2.04. The number of aromatic amines is 1. The van der Waals surface area contributed by atoms with Crippen molar-refractivity contribution >= 4 is 23.4 Å². The van der Waals surface area contributed by atoms with Crippen molar-refractivity contribution in [2.24, 2.45) is 5.92 Å². The third-order valence-corrected chi connectivity index (χ3v) is 6.34. The predicted octanol–water partition coefficient (Wildman–Crippen LogP) is 2.55. The molecule has 174 valence electrons. The van der Waals surface area contributed by atoms with Crippen molar-refractivity contribution < 1.29 is 14.4 Å². The van der Waals surface area contributed by atoms with Gasteiger partial charge in [0.1, 0.15) is 17.8 Å². The van der Waals surface area contributed by atoms with E-state index in [1.165, 1.54) is 16.0 Å². The van der Waals surface area contributed by atoms with E-state index in [0.29, 0.717) is 6.42 Å². The minimum Gasteiger partial charge on any atom is -0.328 e. The number of para-hydroxylation sites is 1. The lowest BCUT2D eigenvalue weighted by molar-refractivity contribution is -0.137. The number of likely N-dealkylation sites (N-methyl/N-ethyl adjacent to an activating group) is 2. The molecule has 0 fully saturated rings. The van der Waals surface area contributed by atoms with E-state index >= 15 is 0 Å². The normalized spacial score (nSPS) is 18.8. The largest absolute Gasteiger partial charge is 0.328 e. The van der Waals surface area contributed by atoms with Gasteiger partial charge in [0.15, 0.2) is 0 Å². The molecule has 9 nitrogen and oxygen atoms in total. The van der Waals surface area contributed by atoms with Gasteiger partial charge in [-0.2, -0.15) is 10.4 Å². The SMILES string of the molecule is CC(C)C[C@@H](C(=O)N(C)[C@H](C#N)C[C@@]1(C)C(=O)Nc2ccccc21)N(C)C(=O)c1ccn[nH]1. The average molecular weight is 451 g/mol. The highest BCUT2D eigenvalue weighted by molar-refractivity contribution is 6.06. The van der Waals surface area contributed by atoms with Crippen molar-refractivity contribution in [2.75, 3.05) is 19.4 Å². The van der Waals surface area contributed by atoms with Gasteiger partial charge >= 0.3 is 0 Å². The molecular formula is C24H30N6O3. The first-order valence-corrected chi connectivity index (χ1v) is 10.9. The summed E-state index contributed by atoms with van der Waals surface area (Å²) in [4.78, 5) is 42.0. The topological polar surface area (TPSA) is 122 Å². The lowest BCUT2D eigenvalue weighted by Gasteiger charge is -2.35. The Balaban J connectivity index is 1.84. The molecule has 3 amide bonds. The van der Waals surface area contributed by atoms with Crippen LogP contribution in [0.1, 0.15) is 49.7 Å². The van der Waals surface area contributed by atoms with Crippen LogP contribution in [0.15, 0.2) is 36.5 Å². The van der Waals surface area contributed by atoms with Gasteiger partial charge in [-0.05, 0) is 43.4 Å². The van der Waals surface area contributed by atoms with Crippen molar-refractivity contribution in [3.63, 3.8) is 0 Å². The molecule has 0 saturated carbocycles. The van der Waals surface area contributed by atoms with E-state index in [4.69, 9.17) is 0 Å². The van der Waals surface area contributed by atoms with E-state index in [0.717, 1.165) is 11.3 Å². The predicted molar refractivity (Wildman–Crippen MR) is 123 cm³/mol. The molecule has 1 aliphatic heterocycles. The van der Waals surface area contributed by atoms with E-state index < -0.39 is 17.5 Å². The fourth-order valence-electron chi connectivity index (χ4n) is 4.28. The molecule has 0 saturated heterocycles. The number of nitrogens with one attached hydrogen (secondary N) is 2. The van der Waals surface area contributed by atoms with Gasteiger partial charge in [-0.3, -0.25) is 19.5 Å². The number of benzene rings is 1. The maximum absolute atomic E-state index is 13.6. The van der Waals surface area contributed by atoms with Crippen LogP contribution in [-0.4, -0.2) is 63.9 Å². The van der Waals surface area contributed by atoms with Crippen molar-refractivity contribution in [3.8, 4) is 6.07 Å². The highest BCUT2D eigenvalue weighted by atomic mass is 16.2. The second-order valence-corrected chi connectivity index (χ2v) is 9.16. The van der Waals surface area contributed by atoms with Gasteiger partial charge in [-0.25, -0.2) is 0 Å². The summed E-state index contributed by atoms with van der Waals surface area (Å²) in [5.41, 5.74) is 0.862. The number of carbonyl (C=O) groups is 3. The fourth-order valence-corrected chi connectivity index (χ4v) is 4.28. The van der Waals surface area contributed by atoms with Crippen LogP contribution in [0.25, 0.3) is 0 Å². The number of carbonyl (C=O) groups excluding carboxylic acids is 3. The van der Waals surface area contributed by atoms with Crippen LogP contribution in [0, 0.1) is 17.2 Å². The zero-order chi connectivity index (χ0) is 24.3. The summed E-state index contributed by atoms with van der Waals surface area (Å²) in [7, 11) is 3.13. The molecule has 2 heterocycles. The number of aromatic nitrogens is 2. The molecule has 2 aromatic rings. The van der Waals surface area contributed by atoms with E-state index in [2.05, 4.69) is 21.6 Å². The minimum absolute atomic E-state index is 0.134.